The Morgan fingerprint density at radius 3 is 2.47 bits per heavy atom. The van der Waals surface area contributed by atoms with Gasteiger partial charge in [-0.25, -0.2) is 8.42 Å². The SMILES string of the molecule is CC1(C)C(O)CC1NCCCS(C)(=O)=O. The highest BCUT2D eigenvalue weighted by atomic mass is 32.2. The van der Waals surface area contributed by atoms with Gasteiger partial charge in [-0.15, -0.1) is 0 Å². The van der Waals surface area contributed by atoms with Crippen LogP contribution in [0.5, 0.6) is 0 Å². The number of hydrogen-bond donors (Lipinski definition) is 2. The predicted molar refractivity (Wildman–Crippen MR) is 60.5 cm³/mol. The molecule has 2 N–H and O–H groups in total. The van der Waals surface area contributed by atoms with Crippen LogP contribution in [-0.4, -0.2) is 44.2 Å². The predicted octanol–water partition coefficient (Wildman–Crippen LogP) is 0.170. The molecule has 0 aromatic heterocycles. The Balaban J connectivity index is 2.18. The molecular formula is C10H21NO3S. The van der Waals surface area contributed by atoms with E-state index in [0.717, 1.165) is 6.42 Å². The van der Waals surface area contributed by atoms with Crippen molar-refractivity contribution in [2.45, 2.75) is 38.8 Å². The van der Waals surface area contributed by atoms with Crippen LogP contribution in [0.2, 0.25) is 0 Å². The van der Waals surface area contributed by atoms with Crippen LogP contribution >= 0.6 is 0 Å². The van der Waals surface area contributed by atoms with Gasteiger partial charge in [0.25, 0.3) is 0 Å². The Hall–Kier alpha value is -0.130. The molecule has 1 aliphatic rings. The summed E-state index contributed by atoms with van der Waals surface area (Å²) in [7, 11) is -2.84. The molecule has 0 aromatic carbocycles. The van der Waals surface area contributed by atoms with Crippen LogP contribution < -0.4 is 5.32 Å². The van der Waals surface area contributed by atoms with Crippen LogP contribution in [0.4, 0.5) is 0 Å². The molecule has 4 nitrogen and oxygen atoms in total. The summed E-state index contributed by atoms with van der Waals surface area (Å²) in [5.41, 5.74) is -0.0783. The number of sulfone groups is 1. The quantitative estimate of drug-likeness (QED) is 0.667. The van der Waals surface area contributed by atoms with Crippen molar-refractivity contribution in [1.82, 2.24) is 5.32 Å². The summed E-state index contributed by atoms with van der Waals surface area (Å²) >= 11 is 0. The molecule has 1 saturated carbocycles. The minimum atomic E-state index is -2.84. The topological polar surface area (TPSA) is 66.4 Å². The van der Waals surface area contributed by atoms with Gasteiger partial charge in [0.2, 0.25) is 0 Å². The first-order valence-electron chi connectivity index (χ1n) is 5.32. The molecule has 1 rings (SSSR count). The highest BCUT2D eigenvalue weighted by Gasteiger charge is 2.46. The van der Waals surface area contributed by atoms with Gasteiger partial charge in [0, 0.05) is 17.7 Å². The normalized spacial score (nSPS) is 29.9. The zero-order chi connectivity index (χ0) is 11.7. The third-order valence-corrected chi connectivity index (χ3v) is 4.33. The molecule has 0 amide bonds. The van der Waals surface area contributed by atoms with E-state index in [1.54, 1.807) is 0 Å². The first kappa shape index (κ1) is 12.9. The van der Waals surface area contributed by atoms with Crippen LogP contribution in [0.3, 0.4) is 0 Å². The molecule has 2 unspecified atom stereocenters. The lowest BCUT2D eigenvalue weighted by Gasteiger charge is -2.49. The van der Waals surface area contributed by atoms with Crippen molar-refractivity contribution in [2.24, 2.45) is 5.41 Å². The Morgan fingerprint density at radius 1 is 1.47 bits per heavy atom. The second-order valence-electron chi connectivity index (χ2n) is 5.06. The molecule has 15 heavy (non-hydrogen) atoms. The monoisotopic (exact) mass is 235 g/mol. The van der Waals surface area contributed by atoms with E-state index in [1.807, 2.05) is 13.8 Å². The van der Waals surface area contributed by atoms with E-state index >= 15 is 0 Å². The Labute approximate surface area is 92.0 Å². The number of nitrogens with one attached hydrogen (secondary N) is 1. The molecule has 1 aliphatic carbocycles. The van der Waals surface area contributed by atoms with Gasteiger partial charge in [-0.3, -0.25) is 0 Å². The zero-order valence-electron chi connectivity index (χ0n) is 9.66. The Bertz CT molecular complexity index is 311. The summed E-state index contributed by atoms with van der Waals surface area (Å²) in [6, 6.07) is 0.312. The lowest BCUT2D eigenvalue weighted by atomic mass is 9.64. The van der Waals surface area contributed by atoms with E-state index in [-0.39, 0.29) is 17.3 Å². The van der Waals surface area contributed by atoms with Gasteiger partial charge in [-0.05, 0) is 19.4 Å². The molecule has 0 saturated heterocycles. The van der Waals surface area contributed by atoms with E-state index < -0.39 is 9.84 Å². The van der Waals surface area contributed by atoms with E-state index in [1.165, 1.54) is 6.26 Å². The molecule has 0 aliphatic heterocycles. The van der Waals surface area contributed by atoms with Gasteiger partial charge in [0.05, 0.1) is 11.9 Å². The highest BCUT2D eigenvalue weighted by molar-refractivity contribution is 7.90. The summed E-state index contributed by atoms with van der Waals surface area (Å²) in [6.45, 7) is 4.75. The highest BCUT2D eigenvalue weighted by Crippen LogP contribution is 2.40. The summed E-state index contributed by atoms with van der Waals surface area (Å²) in [5, 5.41) is 12.8. The second kappa shape index (κ2) is 4.39. The van der Waals surface area contributed by atoms with Crippen molar-refractivity contribution in [2.75, 3.05) is 18.6 Å². The minimum Gasteiger partial charge on any atom is -0.392 e. The maximum Gasteiger partial charge on any atom is 0.147 e. The molecule has 90 valence electrons. The van der Waals surface area contributed by atoms with E-state index in [0.29, 0.717) is 19.0 Å². The number of hydrogen-bond acceptors (Lipinski definition) is 4. The molecule has 0 aromatic rings. The molecule has 0 bridgehead atoms. The fourth-order valence-corrected chi connectivity index (χ4v) is 2.53. The van der Waals surface area contributed by atoms with E-state index in [9.17, 15) is 13.5 Å². The van der Waals surface area contributed by atoms with E-state index in [2.05, 4.69) is 5.32 Å². The first-order chi connectivity index (χ1) is 6.73. The lowest BCUT2D eigenvalue weighted by Crippen LogP contribution is -2.60. The molecule has 5 heteroatoms. The van der Waals surface area contributed by atoms with Crippen LogP contribution in [0.25, 0.3) is 0 Å². The lowest BCUT2D eigenvalue weighted by molar-refractivity contribution is -0.0721. The van der Waals surface area contributed by atoms with Gasteiger partial charge in [0.15, 0.2) is 0 Å². The maximum atomic E-state index is 10.9. The average molecular weight is 235 g/mol. The van der Waals surface area contributed by atoms with Crippen molar-refractivity contribution in [1.29, 1.82) is 0 Å². The summed E-state index contributed by atoms with van der Waals surface area (Å²) < 4.78 is 21.7. The van der Waals surface area contributed by atoms with Crippen molar-refractivity contribution in [3.8, 4) is 0 Å². The summed E-state index contributed by atoms with van der Waals surface area (Å²) in [4.78, 5) is 0. The third-order valence-electron chi connectivity index (χ3n) is 3.30. The van der Waals surface area contributed by atoms with Crippen LogP contribution in [0.1, 0.15) is 26.7 Å². The molecule has 0 heterocycles. The van der Waals surface area contributed by atoms with Crippen LogP contribution in [0.15, 0.2) is 0 Å². The first-order valence-corrected chi connectivity index (χ1v) is 7.39. The molecule has 2 atom stereocenters. The number of aliphatic hydroxyl groups excluding tert-OH is 1. The van der Waals surface area contributed by atoms with Crippen molar-refractivity contribution < 1.29 is 13.5 Å². The third kappa shape index (κ3) is 3.43. The maximum absolute atomic E-state index is 10.9. The number of aliphatic hydroxyl groups is 1. The Morgan fingerprint density at radius 2 is 2.07 bits per heavy atom. The van der Waals surface area contributed by atoms with E-state index in [4.69, 9.17) is 0 Å². The standard InChI is InChI=1S/C10H21NO3S/c1-10(2)8(7-9(10)12)11-5-4-6-15(3,13)14/h8-9,11-12H,4-7H2,1-3H3. The fraction of sp³-hybridized carbons (Fsp3) is 1.00. The zero-order valence-corrected chi connectivity index (χ0v) is 10.5. The molecule has 1 fully saturated rings. The van der Waals surface area contributed by atoms with Gasteiger partial charge < -0.3 is 10.4 Å². The van der Waals surface area contributed by atoms with Gasteiger partial charge in [-0.2, -0.15) is 0 Å². The minimum absolute atomic E-state index is 0.0783. The fourth-order valence-electron chi connectivity index (χ4n) is 1.86. The van der Waals surface area contributed by atoms with Crippen LogP contribution in [-0.2, 0) is 9.84 Å². The Kier molecular flexibility index (Phi) is 3.79. The molecular weight excluding hydrogens is 214 g/mol. The average Bonchev–Trinajstić information content (AvgIpc) is 2.08. The second-order valence-corrected chi connectivity index (χ2v) is 7.32. The van der Waals surface area contributed by atoms with Crippen LogP contribution in [0, 0.1) is 5.41 Å². The van der Waals surface area contributed by atoms with Gasteiger partial charge in [-0.1, -0.05) is 13.8 Å². The van der Waals surface area contributed by atoms with Crippen molar-refractivity contribution in [3.63, 3.8) is 0 Å². The molecule has 0 radical (unpaired) electrons. The van der Waals surface area contributed by atoms with Gasteiger partial charge in [0.1, 0.15) is 9.84 Å². The van der Waals surface area contributed by atoms with Gasteiger partial charge >= 0.3 is 0 Å². The number of rotatable bonds is 5. The molecule has 0 spiro atoms. The largest absolute Gasteiger partial charge is 0.392 e. The van der Waals surface area contributed by atoms with Crippen molar-refractivity contribution in [3.05, 3.63) is 0 Å². The summed E-state index contributed by atoms with van der Waals surface area (Å²) in [6.07, 6.45) is 2.43. The summed E-state index contributed by atoms with van der Waals surface area (Å²) in [5.74, 6) is 0.232. The smallest absolute Gasteiger partial charge is 0.147 e. The van der Waals surface area contributed by atoms with Crippen molar-refractivity contribution >= 4 is 9.84 Å².